The predicted molar refractivity (Wildman–Crippen MR) is 153 cm³/mol. The standard InChI is InChI=1S/C32H33N5O/c33-26-36-31(37-30-20-23-34-24-21-30)35-22-12-1-2-13-25-38-32(27-14-6-3-7-15-27,28-16-8-4-9-17-28)29-18-10-5-11-19-29/h3-11,14-21,23-24H,1-2,12-13,22,25H2,(H2,34,35,36,37). The SMILES string of the molecule is N#CNC(=NCCCCCCOC(c1ccccc1)(c1ccccc1)c1ccccc1)Nc1ccncc1. The fourth-order valence-electron chi connectivity index (χ4n) is 4.49. The maximum atomic E-state index is 9.02. The van der Waals surface area contributed by atoms with Crippen LogP contribution in [0.5, 0.6) is 0 Å². The van der Waals surface area contributed by atoms with Gasteiger partial charge in [0.05, 0.1) is 0 Å². The summed E-state index contributed by atoms with van der Waals surface area (Å²) < 4.78 is 6.84. The van der Waals surface area contributed by atoms with Crippen molar-refractivity contribution in [3.8, 4) is 6.19 Å². The molecule has 0 unspecified atom stereocenters. The quantitative estimate of drug-likeness (QED) is 0.0577. The van der Waals surface area contributed by atoms with Crippen LogP contribution in [0.2, 0.25) is 0 Å². The van der Waals surface area contributed by atoms with Crippen molar-refractivity contribution in [3.63, 3.8) is 0 Å². The molecule has 2 N–H and O–H groups in total. The Bertz CT molecular complexity index is 1190. The molecule has 0 amide bonds. The molecule has 0 saturated carbocycles. The van der Waals surface area contributed by atoms with Crippen LogP contribution in [0.4, 0.5) is 5.69 Å². The van der Waals surface area contributed by atoms with Crippen LogP contribution in [-0.4, -0.2) is 24.1 Å². The van der Waals surface area contributed by atoms with E-state index in [4.69, 9.17) is 10.00 Å². The summed E-state index contributed by atoms with van der Waals surface area (Å²) in [6, 6.07) is 35.0. The molecule has 4 aromatic rings. The van der Waals surface area contributed by atoms with Gasteiger partial charge in [-0.2, -0.15) is 5.26 Å². The lowest BCUT2D eigenvalue weighted by molar-refractivity contribution is 0.0106. The zero-order valence-electron chi connectivity index (χ0n) is 21.5. The second-order valence-electron chi connectivity index (χ2n) is 8.87. The van der Waals surface area contributed by atoms with Crippen molar-refractivity contribution in [3.05, 3.63) is 132 Å². The smallest absolute Gasteiger partial charge is 0.209 e. The van der Waals surface area contributed by atoms with E-state index in [-0.39, 0.29) is 0 Å². The van der Waals surface area contributed by atoms with E-state index in [1.807, 2.05) is 36.5 Å². The van der Waals surface area contributed by atoms with Crippen LogP contribution >= 0.6 is 0 Å². The molecule has 6 heteroatoms. The largest absolute Gasteiger partial charge is 0.361 e. The first-order chi connectivity index (χ1) is 18.8. The Hall–Kier alpha value is -4.47. The van der Waals surface area contributed by atoms with Crippen molar-refractivity contribution in [1.82, 2.24) is 10.3 Å². The summed E-state index contributed by atoms with van der Waals surface area (Å²) in [6.07, 6.45) is 9.24. The van der Waals surface area contributed by atoms with E-state index in [2.05, 4.69) is 93.4 Å². The van der Waals surface area contributed by atoms with Gasteiger partial charge in [0.1, 0.15) is 5.60 Å². The van der Waals surface area contributed by atoms with Crippen molar-refractivity contribution >= 4 is 11.6 Å². The van der Waals surface area contributed by atoms with E-state index in [1.54, 1.807) is 12.4 Å². The summed E-state index contributed by atoms with van der Waals surface area (Å²) in [4.78, 5) is 8.51. The lowest BCUT2D eigenvalue weighted by Gasteiger charge is -2.36. The number of nitriles is 1. The Morgan fingerprint density at radius 2 is 1.26 bits per heavy atom. The number of hydrogen-bond acceptors (Lipinski definition) is 4. The Kier molecular flexibility index (Phi) is 10.0. The number of nitrogens with one attached hydrogen (secondary N) is 2. The topological polar surface area (TPSA) is 82.3 Å². The van der Waals surface area contributed by atoms with E-state index < -0.39 is 5.60 Å². The molecule has 192 valence electrons. The minimum atomic E-state index is -0.676. The number of pyridine rings is 1. The van der Waals surface area contributed by atoms with Crippen LogP contribution in [0.15, 0.2) is 121 Å². The number of aromatic nitrogens is 1. The highest BCUT2D eigenvalue weighted by molar-refractivity contribution is 5.94. The molecular formula is C32H33N5O. The summed E-state index contributed by atoms with van der Waals surface area (Å²) in [5, 5.41) is 14.7. The van der Waals surface area contributed by atoms with Gasteiger partial charge in [0, 0.05) is 31.2 Å². The van der Waals surface area contributed by atoms with Crippen LogP contribution in [0.1, 0.15) is 42.4 Å². The maximum absolute atomic E-state index is 9.02. The highest BCUT2D eigenvalue weighted by Gasteiger charge is 2.37. The second-order valence-corrected chi connectivity index (χ2v) is 8.87. The van der Waals surface area contributed by atoms with E-state index in [9.17, 15) is 0 Å². The average molecular weight is 504 g/mol. The number of nitrogens with zero attached hydrogens (tertiary/aromatic N) is 3. The molecule has 0 aliphatic rings. The van der Waals surface area contributed by atoms with Gasteiger partial charge < -0.3 is 10.1 Å². The number of guanidine groups is 1. The van der Waals surface area contributed by atoms with Crippen LogP contribution in [0.25, 0.3) is 0 Å². The third kappa shape index (κ3) is 7.06. The molecule has 0 bridgehead atoms. The summed E-state index contributed by atoms with van der Waals surface area (Å²) in [7, 11) is 0. The molecule has 1 heterocycles. The first-order valence-corrected chi connectivity index (χ1v) is 13.0. The Morgan fingerprint density at radius 1 is 0.737 bits per heavy atom. The van der Waals surface area contributed by atoms with Gasteiger partial charge >= 0.3 is 0 Å². The van der Waals surface area contributed by atoms with Gasteiger partial charge in [-0.15, -0.1) is 0 Å². The molecule has 4 rings (SSSR count). The Morgan fingerprint density at radius 3 is 1.79 bits per heavy atom. The van der Waals surface area contributed by atoms with Gasteiger partial charge in [-0.25, -0.2) is 0 Å². The van der Waals surface area contributed by atoms with Crippen molar-refractivity contribution in [2.24, 2.45) is 4.99 Å². The van der Waals surface area contributed by atoms with Crippen molar-refractivity contribution in [2.45, 2.75) is 31.3 Å². The van der Waals surface area contributed by atoms with E-state index in [0.717, 1.165) is 48.1 Å². The molecule has 0 saturated heterocycles. The third-order valence-corrected chi connectivity index (χ3v) is 6.30. The normalized spacial score (nSPS) is 11.5. The number of anilines is 1. The molecular weight excluding hydrogens is 470 g/mol. The Balaban J connectivity index is 1.36. The fraction of sp³-hybridized carbons (Fsp3) is 0.219. The van der Waals surface area contributed by atoms with Crippen LogP contribution in [0.3, 0.4) is 0 Å². The Labute approximate surface area is 225 Å². The van der Waals surface area contributed by atoms with Gasteiger partial charge in [-0.05, 0) is 41.7 Å². The molecule has 0 radical (unpaired) electrons. The van der Waals surface area contributed by atoms with E-state index >= 15 is 0 Å². The van der Waals surface area contributed by atoms with E-state index in [1.165, 1.54) is 0 Å². The number of benzene rings is 3. The molecule has 0 spiro atoms. The van der Waals surface area contributed by atoms with Gasteiger partial charge in [0.15, 0.2) is 6.19 Å². The first-order valence-electron chi connectivity index (χ1n) is 13.0. The van der Waals surface area contributed by atoms with Crippen molar-refractivity contribution in [2.75, 3.05) is 18.5 Å². The number of ether oxygens (including phenoxy) is 1. The second kappa shape index (κ2) is 14.3. The number of rotatable bonds is 12. The van der Waals surface area contributed by atoms with Gasteiger partial charge in [0.2, 0.25) is 5.96 Å². The fourth-order valence-corrected chi connectivity index (χ4v) is 4.49. The third-order valence-electron chi connectivity index (χ3n) is 6.30. The maximum Gasteiger partial charge on any atom is 0.209 e. The highest BCUT2D eigenvalue weighted by atomic mass is 16.5. The predicted octanol–water partition coefficient (Wildman–Crippen LogP) is 6.49. The van der Waals surface area contributed by atoms with Crippen molar-refractivity contribution < 1.29 is 4.74 Å². The van der Waals surface area contributed by atoms with Crippen molar-refractivity contribution in [1.29, 1.82) is 5.26 Å². The summed E-state index contributed by atoms with van der Waals surface area (Å²) in [6.45, 7) is 1.26. The summed E-state index contributed by atoms with van der Waals surface area (Å²) >= 11 is 0. The minimum Gasteiger partial charge on any atom is -0.361 e. The lowest BCUT2D eigenvalue weighted by Crippen LogP contribution is -2.33. The zero-order valence-corrected chi connectivity index (χ0v) is 21.5. The van der Waals surface area contributed by atoms with Gasteiger partial charge in [-0.1, -0.05) is 104 Å². The summed E-state index contributed by atoms with van der Waals surface area (Å²) in [5.74, 6) is 0.445. The molecule has 0 aliphatic heterocycles. The molecule has 0 aliphatic carbocycles. The van der Waals surface area contributed by atoms with E-state index in [0.29, 0.717) is 19.1 Å². The molecule has 6 nitrogen and oxygen atoms in total. The van der Waals surface area contributed by atoms with Crippen LogP contribution in [-0.2, 0) is 10.3 Å². The molecule has 1 aromatic heterocycles. The highest BCUT2D eigenvalue weighted by Crippen LogP contribution is 2.40. The number of unbranched alkanes of at least 4 members (excludes halogenated alkanes) is 3. The summed E-state index contributed by atoms with van der Waals surface area (Å²) in [5.41, 5.74) is 3.50. The molecule has 0 fully saturated rings. The minimum absolute atomic E-state index is 0.445. The molecule has 0 atom stereocenters. The van der Waals surface area contributed by atoms with Crippen LogP contribution in [0, 0.1) is 11.5 Å². The molecule has 38 heavy (non-hydrogen) atoms. The van der Waals surface area contributed by atoms with Gasteiger partial charge in [-0.3, -0.25) is 15.3 Å². The monoisotopic (exact) mass is 503 g/mol. The molecule has 3 aromatic carbocycles. The lowest BCUT2D eigenvalue weighted by atomic mass is 9.80. The number of aliphatic imine (C=N–C) groups is 1. The van der Waals surface area contributed by atoms with Gasteiger partial charge in [0.25, 0.3) is 0 Å². The first kappa shape index (κ1) is 26.6. The number of hydrogen-bond donors (Lipinski definition) is 2. The van der Waals surface area contributed by atoms with Crippen LogP contribution < -0.4 is 10.6 Å². The average Bonchev–Trinajstić information content (AvgIpc) is 2.98. The zero-order chi connectivity index (χ0) is 26.3.